The van der Waals surface area contributed by atoms with Gasteiger partial charge in [0.25, 0.3) is 0 Å². The Morgan fingerprint density at radius 2 is 1.96 bits per heavy atom. The summed E-state index contributed by atoms with van der Waals surface area (Å²) in [7, 11) is 1.65. The second-order valence-electron chi connectivity index (χ2n) is 5.44. The normalized spacial score (nSPS) is 10.5. The van der Waals surface area contributed by atoms with Gasteiger partial charge in [-0.05, 0) is 63.5 Å². The van der Waals surface area contributed by atoms with Crippen LogP contribution in [0.1, 0.15) is 16.9 Å². The zero-order valence-corrected chi connectivity index (χ0v) is 15.1. The minimum absolute atomic E-state index is 0.0799. The van der Waals surface area contributed by atoms with Crippen molar-refractivity contribution in [1.29, 1.82) is 0 Å². The van der Waals surface area contributed by atoms with Crippen LogP contribution in [0, 0.1) is 0 Å². The van der Waals surface area contributed by atoms with Gasteiger partial charge in [-0.3, -0.25) is 4.79 Å². The summed E-state index contributed by atoms with van der Waals surface area (Å²) in [5.41, 5.74) is 3.61. The molecule has 0 spiro atoms. The van der Waals surface area contributed by atoms with Crippen LogP contribution >= 0.6 is 22.7 Å². The van der Waals surface area contributed by atoms with E-state index in [2.05, 4.69) is 33.6 Å². The van der Waals surface area contributed by atoms with Crippen LogP contribution in [0.5, 0.6) is 5.75 Å². The summed E-state index contributed by atoms with van der Waals surface area (Å²) in [5, 5.41) is 9.35. The monoisotopic (exact) mass is 357 g/mol. The molecule has 0 saturated carbocycles. The second-order valence-corrected chi connectivity index (χ2v) is 7.21. The highest BCUT2D eigenvalue weighted by atomic mass is 32.1. The van der Waals surface area contributed by atoms with Crippen LogP contribution in [0.3, 0.4) is 0 Å². The van der Waals surface area contributed by atoms with Crippen LogP contribution in [-0.2, 0) is 17.8 Å². The van der Waals surface area contributed by atoms with Gasteiger partial charge < -0.3 is 10.1 Å². The molecule has 24 heavy (non-hydrogen) atoms. The molecule has 0 fully saturated rings. The summed E-state index contributed by atoms with van der Waals surface area (Å²) in [6, 6.07) is 12.1. The van der Waals surface area contributed by atoms with Gasteiger partial charge in [0.15, 0.2) is 0 Å². The number of aryl methyl sites for hydroxylation is 1. The van der Waals surface area contributed by atoms with Crippen molar-refractivity contribution in [3.63, 3.8) is 0 Å². The first-order valence-corrected chi connectivity index (χ1v) is 9.56. The van der Waals surface area contributed by atoms with Crippen LogP contribution in [-0.4, -0.2) is 13.0 Å². The number of carbonyl (C=O) groups excluding carboxylic acids is 1. The van der Waals surface area contributed by atoms with Gasteiger partial charge in [0, 0.05) is 11.3 Å². The number of benzene rings is 1. The minimum atomic E-state index is 0.0799. The topological polar surface area (TPSA) is 38.3 Å². The minimum Gasteiger partial charge on any atom is -0.497 e. The van der Waals surface area contributed by atoms with E-state index in [1.165, 1.54) is 16.0 Å². The summed E-state index contributed by atoms with van der Waals surface area (Å²) in [6.45, 7) is 0.594. The van der Waals surface area contributed by atoms with Gasteiger partial charge in [-0.25, -0.2) is 0 Å². The molecular weight excluding hydrogens is 338 g/mol. The Labute approximate surface area is 149 Å². The van der Waals surface area contributed by atoms with E-state index in [1.54, 1.807) is 29.8 Å². The Morgan fingerprint density at radius 1 is 1.12 bits per heavy atom. The first-order chi connectivity index (χ1) is 11.7. The maximum Gasteiger partial charge on any atom is 0.220 e. The molecule has 0 aliphatic carbocycles. The smallest absolute Gasteiger partial charge is 0.220 e. The highest BCUT2D eigenvalue weighted by molar-refractivity contribution is 7.10. The van der Waals surface area contributed by atoms with E-state index in [0.29, 0.717) is 13.0 Å². The molecular formula is C19H19NO2S2. The van der Waals surface area contributed by atoms with Crippen molar-refractivity contribution in [1.82, 2.24) is 5.32 Å². The average molecular weight is 358 g/mol. The molecule has 0 atom stereocenters. The molecule has 0 unspecified atom stereocenters. The number of ether oxygens (including phenoxy) is 1. The zero-order valence-electron chi connectivity index (χ0n) is 13.5. The standard InChI is InChI=1S/C19H19NO2S2/c1-22-17-5-2-14(3-6-17)4-7-19(21)20-11-18-10-16(13-24-18)15-8-9-23-12-15/h2-3,5-6,8-10,12-13H,4,7,11H2,1H3,(H,20,21). The molecule has 0 aliphatic heterocycles. The fourth-order valence-electron chi connectivity index (χ4n) is 2.38. The molecule has 0 aliphatic rings. The summed E-state index contributed by atoms with van der Waals surface area (Å²) in [6.07, 6.45) is 1.23. The van der Waals surface area contributed by atoms with Gasteiger partial charge >= 0.3 is 0 Å². The Balaban J connectivity index is 1.45. The van der Waals surface area contributed by atoms with Crippen molar-refractivity contribution in [2.75, 3.05) is 7.11 Å². The van der Waals surface area contributed by atoms with Gasteiger partial charge in [-0.2, -0.15) is 11.3 Å². The van der Waals surface area contributed by atoms with Gasteiger partial charge in [-0.1, -0.05) is 12.1 Å². The van der Waals surface area contributed by atoms with Gasteiger partial charge in [0.2, 0.25) is 5.91 Å². The van der Waals surface area contributed by atoms with Crippen molar-refractivity contribution >= 4 is 28.6 Å². The third kappa shape index (κ3) is 4.46. The van der Waals surface area contributed by atoms with Crippen LogP contribution in [0.2, 0.25) is 0 Å². The number of rotatable bonds is 7. The third-order valence-electron chi connectivity index (χ3n) is 3.77. The maximum atomic E-state index is 12.0. The second kappa shape index (κ2) is 8.13. The fraction of sp³-hybridized carbons (Fsp3) is 0.211. The Bertz CT molecular complexity index is 776. The average Bonchev–Trinajstić information content (AvgIpc) is 3.29. The lowest BCUT2D eigenvalue weighted by Crippen LogP contribution is -2.22. The summed E-state index contributed by atoms with van der Waals surface area (Å²) < 4.78 is 5.13. The van der Waals surface area contributed by atoms with Gasteiger partial charge in [0.05, 0.1) is 13.7 Å². The predicted molar refractivity (Wildman–Crippen MR) is 101 cm³/mol. The number of thiophene rings is 2. The van der Waals surface area contributed by atoms with Crippen LogP contribution in [0.4, 0.5) is 0 Å². The molecule has 1 aromatic carbocycles. The van der Waals surface area contributed by atoms with Gasteiger partial charge in [0.1, 0.15) is 5.75 Å². The Kier molecular flexibility index (Phi) is 5.67. The highest BCUT2D eigenvalue weighted by Crippen LogP contribution is 2.27. The SMILES string of the molecule is COc1ccc(CCC(=O)NCc2cc(-c3ccsc3)cs2)cc1. The Hall–Kier alpha value is -2.11. The number of methoxy groups -OCH3 is 1. The Morgan fingerprint density at radius 3 is 2.67 bits per heavy atom. The first-order valence-electron chi connectivity index (χ1n) is 7.74. The predicted octanol–water partition coefficient (Wildman–Crippen LogP) is 4.73. The summed E-state index contributed by atoms with van der Waals surface area (Å²) >= 11 is 3.38. The van der Waals surface area contributed by atoms with Crippen LogP contribution < -0.4 is 10.1 Å². The highest BCUT2D eigenvalue weighted by Gasteiger charge is 2.06. The number of amides is 1. The van der Waals surface area contributed by atoms with E-state index in [0.717, 1.165) is 17.7 Å². The molecule has 2 aromatic heterocycles. The molecule has 3 aromatic rings. The van der Waals surface area contributed by atoms with Crippen molar-refractivity contribution in [3.05, 3.63) is 63.0 Å². The molecule has 1 N–H and O–H groups in total. The third-order valence-corrected chi connectivity index (χ3v) is 5.39. The molecule has 0 radical (unpaired) electrons. The van der Waals surface area contributed by atoms with E-state index < -0.39 is 0 Å². The first kappa shape index (κ1) is 16.7. The zero-order chi connectivity index (χ0) is 16.8. The van der Waals surface area contributed by atoms with Crippen LogP contribution in [0.15, 0.2) is 52.5 Å². The molecule has 124 valence electrons. The van der Waals surface area contributed by atoms with Crippen LogP contribution in [0.25, 0.3) is 11.1 Å². The molecule has 3 nitrogen and oxygen atoms in total. The number of carbonyl (C=O) groups is 1. The number of hydrogen-bond acceptors (Lipinski definition) is 4. The molecule has 5 heteroatoms. The molecule has 1 amide bonds. The van der Waals surface area contributed by atoms with Gasteiger partial charge in [-0.15, -0.1) is 11.3 Å². The van der Waals surface area contributed by atoms with E-state index in [4.69, 9.17) is 4.74 Å². The summed E-state index contributed by atoms with van der Waals surface area (Å²) in [4.78, 5) is 13.2. The molecule has 0 saturated heterocycles. The lowest BCUT2D eigenvalue weighted by Gasteiger charge is -2.05. The van der Waals surface area contributed by atoms with Crippen molar-refractivity contribution < 1.29 is 9.53 Å². The largest absolute Gasteiger partial charge is 0.497 e. The lowest BCUT2D eigenvalue weighted by molar-refractivity contribution is -0.121. The fourth-order valence-corrected chi connectivity index (χ4v) is 3.88. The van der Waals surface area contributed by atoms with E-state index in [1.807, 2.05) is 24.3 Å². The number of nitrogens with one attached hydrogen (secondary N) is 1. The maximum absolute atomic E-state index is 12.0. The molecule has 3 rings (SSSR count). The van der Waals surface area contributed by atoms with E-state index in [9.17, 15) is 4.79 Å². The summed E-state index contributed by atoms with van der Waals surface area (Å²) in [5.74, 6) is 0.915. The van der Waals surface area contributed by atoms with E-state index in [-0.39, 0.29) is 5.91 Å². The molecule has 0 bridgehead atoms. The van der Waals surface area contributed by atoms with Crippen molar-refractivity contribution in [2.24, 2.45) is 0 Å². The van der Waals surface area contributed by atoms with Crippen molar-refractivity contribution in [2.45, 2.75) is 19.4 Å². The van der Waals surface area contributed by atoms with Crippen molar-refractivity contribution in [3.8, 4) is 16.9 Å². The quantitative estimate of drug-likeness (QED) is 0.663. The molecule has 2 heterocycles. The number of hydrogen-bond donors (Lipinski definition) is 1. The van der Waals surface area contributed by atoms with E-state index >= 15 is 0 Å². The lowest BCUT2D eigenvalue weighted by atomic mass is 10.1.